The minimum Gasteiger partial charge on any atom is -0.456 e. The molecule has 64 heavy (non-hydrogen) atoms. The van der Waals surface area contributed by atoms with Crippen LogP contribution in [0.3, 0.4) is 0 Å². The molecule has 13 rings (SSSR count). The van der Waals surface area contributed by atoms with Crippen molar-refractivity contribution in [2.45, 2.75) is 24.7 Å². The molecule has 2 aliphatic rings. The Hall–Kier alpha value is -7.94. The van der Waals surface area contributed by atoms with Crippen LogP contribution >= 0.6 is 0 Å². The van der Waals surface area contributed by atoms with Gasteiger partial charge in [0, 0.05) is 27.7 Å². The molecule has 302 valence electrons. The van der Waals surface area contributed by atoms with Gasteiger partial charge in [-0.3, -0.25) is 0 Å². The second-order valence-corrected chi connectivity index (χ2v) is 18.0. The van der Waals surface area contributed by atoms with Gasteiger partial charge >= 0.3 is 0 Å². The van der Waals surface area contributed by atoms with Gasteiger partial charge in [0.05, 0.1) is 16.5 Å². The molecule has 0 aliphatic heterocycles. The molecule has 10 aromatic carbocycles. The summed E-state index contributed by atoms with van der Waals surface area (Å²) in [4.78, 5) is 2.54. The molecule has 0 unspecified atom stereocenters. The maximum absolute atomic E-state index is 6.90. The van der Waals surface area contributed by atoms with Gasteiger partial charge in [-0.2, -0.15) is 0 Å². The molecule has 0 fully saturated rings. The summed E-state index contributed by atoms with van der Waals surface area (Å²) >= 11 is 0. The van der Waals surface area contributed by atoms with E-state index in [1.54, 1.807) is 0 Å². The van der Waals surface area contributed by atoms with Crippen molar-refractivity contribution in [2.75, 3.05) is 4.90 Å². The van der Waals surface area contributed by atoms with Gasteiger partial charge in [-0.15, -0.1) is 0 Å². The Morgan fingerprint density at radius 1 is 0.375 bits per heavy atom. The highest BCUT2D eigenvalue weighted by Crippen LogP contribution is 2.59. The van der Waals surface area contributed by atoms with Gasteiger partial charge in [0.1, 0.15) is 11.2 Å². The minimum absolute atomic E-state index is 0.196. The second-order valence-electron chi connectivity index (χ2n) is 18.0. The average Bonchev–Trinajstić information content (AvgIpc) is 3.94. The molecule has 0 saturated carbocycles. The Labute approximate surface area is 373 Å². The van der Waals surface area contributed by atoms with Gasteiger partial charge < -0.3 is 9.32 Å². The zero-order valence-corrected chi connectivity index (χ0v) is 35.7. The maximum Gasteiger partial charge on any atom is 0.137 e. The summed E-state index contributed by atoms with van der Waals surface area (Å²) in [6, 6.07) is 82.9. The average molecular weight is 818 g/mol. The molecule has 0 atom stereocenters. The van der Waals surface area contributed by atoms with Crippen LogP contribution in [0.2, 0.25) is 0 Å². The van der Waals surface area contributed by atoms with Crippen molar-refractivity contribution < 1.29 is 4.42 Å². The fourth-order valence-electron chi connectivity index (χ4n) is 11.4. The molecule has 2 nitrogen and oxygen atoms in total. The molecule has 0 saturated heterocycles. The van der Waals surface area contributed by atoms with Crippen LogP contribution in [-0.4, -0.2) is 0 Å². The smallest absolute Gasteiger partial charge is 0.137 e. The SMILES string of the molecule is CC1(C)c2ccccc2-c2ccc(N(c3ccc4c(c3)C(c3ccccc3)(c3ccccc3)c3ccccc3-4)c3c(-c4ccccc4)ccc4oc5cc6ccccc6cc5c34)cc21. The van der Waals surface area contributed by atoms with Crippen molar-refractivity contribution in [1.82, 2.24) is 0 Å². The van der Waals surface area contributed by atoms with Gasteiger partial charge in [-0.25, -0.2) is 0 Å². The molecule has 11 aromatic rings. The topological polar surface area (TPSA) is 16.4 Å². The first-order valence-corrected chi connectivity index (χ1v) is 22.3. The molecule has 1 heterocycles. The predicted molar refractivity (Wildman–Crippen MR) is 266 cm³/mol. The van der Waals surface area contributed by atoms with E-state index in [9.17, 15) is 0 Å². The highest BCUT2D eigenvalue weighted by atomic mass is 16.3. The summed E-state index contributed by atoms with van der Waals surface area (Å²) in [6.07, 6.45) is 0. The van der Waals surface area contributed by atoms with Crippen molar-refractivity contribution in [3.63, 3.8) is 0 Å². The molecule has 0 amide bonds. The van der Waals surface area contributed by atoms with Gasteiger partial charge in [0.25, 0.3) is 0 Å². The number of rotatable bonds is 6. The van der Waals surface area contributed by atoms with E-state index in [1.165, 1.54) is 61.0 Å². The lowest BCUT2D eigenvalue weighted by atomic mass is 9.67. The molecule has 2 aliphatic carbocycles. The van der Waals surface area contributed by atoms with E-state index in [1.807, 2.05) is 0 Å². The van der Waals surface area contributed by atoms with Crippen molar-refractivity contribution in [3.8, 4) is 33.4 Å². The number of benzene rings is 10. The van der Waals surface area contributed by atoms with E-state index < -0.39 is 5.41 Å². The summed E-state index contributed by atoms with van der Waals surface area (Å²) in [6.45, 7) is 4.74. The van der Waals surface area contributed by atoms with Crippen molar-refractivity contribution in [2.24, 2.45) is 0 Å². The third-order valence-electron chi connectivity index (χ3n) is 14.3. The summed E-state index contributed by atoms with van der Waals surface area (Å²) in [5.74, 6) is 0. The standard InChI is InChI=1S/C62H43NO/c1-61(2)53-28-16-14-26-48(53)50-32-30-45(38-55(50)61)63(60-47(40-18-6-3-7-19-40)34-35-57-59(60)52-36-41-20-12-13-21-42(41)37-58(52)64-57)46-31-33-51-49-27-15-17-29-54(49)62(56(51)39-46,43-22-8-4-9-23-43)44-24-10-5-11-25-44/h3-39H,1-2H3. The molecule has 1 aromatic heterocycles. The summed E-state index contributed by atoms with van der Waals surface area (Å²) < 4.78 is 6.90. The maximum atomic E-state index is 6.90. The third kappa shape index (κ3) is 5.14. The Bertz CT molecular complexity index is 3600. The van der Waals surface area contributed by atoms with Crippen LogP contribution in [0.4, 0.5) is 17.1 Å². The molecule has 0 N–H and O–H groups in total. The summed E-state index contributed by atoms with van der Waals surface area (Å²) in [5, 5.41) is 4.53. The van der Waals surface area contributed by atoms with Crippen molar-refractivity contribution in [1.29, 1.82) is 0 Å². The Morgan fingerprint density at radius 2 is 0.875 bits per heavy atom. The van der Waals surface area contributed by atoms with Crippen LogP contribution < -0.4 is 4.90 Å². The molecule has 0 bridgehead atoms. The van der Waals surface area contributed by atoms with Crippen molar-refractivity contribution in [3.05, 3.63) is 258 Å². The lowest BCUT2D eigenvalue weighted by Gasteiger charge is -2.35. The van der Waals surface area contributed by atoms with E-state index in [2.05, 4.69) is 243 Å². The zero-order valence-electron chi connectivity index (χ0n) is 35.7. The Morgan fingerprint density at radius 3 is 1.55 bits per heavy atom. The number of hydrogen-bond acceptors (Lipinski definition) is 2. The van der Waals surface area contributed by atoms with Crippen LogP contribution in [0.5, 0.6) is 0 Å². The van der Waals surface area contributed by atoms with E-state index in [4.69, 9.17) is 4.42 Å². The number of nitrogens with zero attached hydrogens (tertiary/aromatic N) is 1. The number of hydrogen-bond donors (Lipinski definition) is 0. The fourth-order valence-corrected chi connectivity index (χ4v) is 11.4. The largest absolute Gasteiger partial charge is 0.456 e. The van der Waals surface area contributed by atoms with Crippen LogP contribution in [0.25, 0.3) is 66.1 Å². The predicted octanol–water partition coefficient (Wildman–Crippen LogP) is 16.5. The monoisotopic (exact) mass is 817 g/mol. The van der Waals surface area contributed by atoms with Crippen LogP contribution in [0, 0.1) is 0 Å². The fraction of sp³-hybridized carbons (Fsp3) is 0.0645. The van der Waals surface area contributed by atoms with Crippen LogP contribution in [-0.2, 0) is 10.8 Å². The molecule has 2 heteroatoms. The highest BCUT2D eigenvalue weighted by molar-refractivity contribution is 6.19. The molecule has 0 spiro atoms. The number of furan rings is 1. The highest BCUT2D eigenvalue weighted by Gasteiger charge is 2.46. The van der Waals surface area contributed by atoms with Gasteiger partial charge in [-0.1, -0.05) is 190 Å². The molecular weight excluding hydrogens is 775 g/mol. The van der Waals surface area contributed by atoms with E-state index in [-0.39, 0.29) is 5.41 Å². The van der Waals surface area contributed by atoms with Gasteiger partial charge in [0.2, 0.25) is 0 Å². The second kappa shape index (κ2) is 13.8. The van der Waals surface area contributed by atoms with Crippen LogP contribution in [0.1, 0.15) is 47.2 Å². The molecular formula is C62H43NO. The zero-order chi connectivity index (χ0) is 42.6. The van der Waals surface area contributed by atoms with Gasteiger partial charge in [0.15, 0.2) is 0 Å². The summed E-state index contributed by atoms with van der Waals surface area (Å²) in [5.41, 5.74) is 19.4. The Kier molecular flexibility index (Phi) is 7.90. The Balaban J connectivity index is 1.17. The third-order valence-corrected chi connectivity index (χ3v) is 14.3. The van der Waals surface area contributed by atoms with E-state index >= 15 is 0 Å². The number of fused-ring (bicyclic) bond motifs is 10. The van der Waals surface area contributed by atoms with E-state index in [0.29, 0.717) is 0 Å². The summed E-state index contributed by atoms with van der Waals surface area (Å²) in [7, 11) is 0. The van der Waals surface area contributed by atoms with Gasteiger partial charge in [-0.05, 0) is 121 Å². The quantitative estimate of drug-likeness (QED) is 0.166. The normalized spacial score (nSPS) is 14.0. The lowest BCUT2D eigenvalue weighted by Crippen LogP contribution is -2.28. The number of anilines is 3. The molecule has 0 radical (unpaired) electrons. The first-order chi connectivity index (χ1) is 31.5. The first kappa shape index (κ1) is 36.7. The minimum atomic E-state index is -0.562. The van der Waals surface area contributed by atoms with E-state index in [0.717, 1.165) is 55.5 Å². The first-order valence-electron chi connectivity index (χ1n) is 22.3. The van der Waals surface area contributed by atoms with Crippen LogP contribution in [0.15, 0.2) is 229 Å². The van der Waals surface area contributed by atoms with Crippen molar-refractivity contribution >= 4 is 49.8 Å². The lowest BCUT2D eigenvalue weighted by molar-refractivity contribution is 0.660.